The van der Waals surface area contributed by atoms with Crippen LogP contribution in [0.5, 0.6) is 0 Å². The van der Waals surface area contributed by atoms with Gasteiger partial charge in [-0.05, 0) is 43.6 Å². The van der Waals surface area contributed by atoms with Crippen molar-refractivity contribution in [2.75, 3.05) is 27.2 Å². The summed E-state index contributed by atoms with van der Waals surface area (Å²) in [7, 11) is 3.54. The SMILES string of the molecule is CN(C)C(=O)N1CCCC[C@H](NC(=O)CCCc2cccs2)C1. The second kappa shape index (κ2) is 8.91. The van der Waals surface area contributed by atoms with E-state index in [0.29, 0.717) is 13.0 Å². The van der Waals surface area contributed by atoms with E-state index in [9.17, 15) is 9.59 Å². The van der Waals surface area contributed by atoms with Crippen LogP contribution in [-0.4, -0.2) is 55.0 Å². The fraction of sp³-hybridized carbons (Fsp3) is 0.647. The maximum atomic E-state index is 12.1. The standard InChI is InChI=1S/C17H27N3O2S/c1-19(2)17(22)20-11-4-3-7-14(13-20)18-16(21)10-5-8-15-9-6-12-23-15/h6,9,12,14H,3-5,7-8,10-11,13H2,1-2H3,(H,18,21)/t14-/m0/s1. The first-order chi connectivity index (χ1) is 11.1. The number of nitrogens with zero attached hydrogens (tertiary/aromatic N) is 2. The Bertz CT molecular complexity index is 502. The van der Waals surface area contributed by atoms with Crippen molar-refractivity contribution in [2.45, 2.75) is 44.6 Å². The van der Waals surface area contributed by atoms with Gasteiger partial charge in [-0.15, -0.1) is 11.3 Å². The molecule has 1 aromatic heterocycles. The molecule has 0 spiro atoms. The summed E-state index contributed by atoms with van der Waals surface area (Å²) in [5, 5.41) is 5.18. The zero-order valence-electron chi connectivity index (χ0n) is 14.1. The van der Waals surface area contributed by atoms with Crippen molar-refractivity contribution < 1.29 is 9.59 Å². The van der Waals surface area contributed by atoms with Gasteiger partial charge in [0.05, 0.1) is 0 Å². The molecule has 1 aliphatic heterocycles. The molecular weight excluding hydrogens is 310 g/mol. The Kier molecular flexibility index (Phi) is 6.89. The lowest BCUT2D eigenvalue weighted by atomic mass is 10.1. The van der Waals surface area contributed by atoms with Gasteiger partial charge in [0.25, 0.3) is 0 Å². The molecule has 128 valence electrons. The summed E-state index contributed by atoms with van der Waals surface area (Å²) >= 11 is 1.74. The van der Waals surface area contributed by atoms with Crippen molar-refractivity contribution in [3.05, 3.63) is 22.4 Å². The first kappa shape index (κ1) is 17.8. The molecular formula is C17H27N3O2S. The van der Waals surface area contributed by atoms with Gasteiger partial charge in [0, 0.05) is 44.5 Å². The number of aryl methyl sites for hydroxylation is 1. The first-order valence-corrected chi connectivity index (χ1v) is 9.22. The molecule has 0 unspecified atom stereocenters. The zero-order chi connectivity index (χ0) is 16.7. The average Bonchev–Trinajstić information content (AvgIpc) is 2.92. The second-order valence-electron chi connectivity index (χ2n) is 6.32. The average molecular weight is 337 g/mol. The highest BCUT2D eigenvalue weighted by Gasteiger charge is 2.23. The van der Waals surface area contributed by atoms with Crippen LogP contribution in [0.1, 0.15) is 37.0 Å². The summed E-state index contributed by atoms with van der Waals surface area (Å²) in [4.78, 5) is 29.0. The van der Waals surface area contributed by atoms with E-state index in [1.807, 2.05) is 11.0 Å². The molecule has 2 rings (SSSR count). The number of nitrogens with one attached hydrogen (secondary N) is 1. The molecule has 1 atom stereocenters. The summed E-state index contributed by atoms with van der Waals surface area (Å²) in [6.45, 7) is 1.40. The Balaban J connectivity index is 1.75. The molecule has 5 nitrogen and oxygen atoms in total. The smallest absolute Gasteiger partial charge is 0.319 e. The van der Waals surface area contributed by atoms with E-state index in [1.165, 1.54) is 4.88 Å². The molecule has 2 heterocycles. The fourth-order valence-corrected chi connectivity index (χ4v) is 3.65. The van der Waals surface area contributed by atoms with Crippen LogP contribution in [0.2, 0.25) is 0 Å². The second-order valence-corrected chi connectivity index (χ2v) is 7.35. The monoisotopic (exact) mass is 337 g/mol. The number of hydrogen-bond donors (Lipinski definition) is 1. The molecule has 3 amide bonds. The Hall–Kier alpha value is -1.56. The lowest BCUT2D eigenvalue weighted by molar-refractivity contribution is -0.122. The largest absolute Gasteiger partial charge is 0.352 e. The molecule has 1 saturated heterocycles. The van der Waals surface area contributed by atoms with Gasteiger partial charge in [0.1, 0.15) is 0 Å². The fourth-order valence-electron chi connectivity index (χ4n) is 2.89. The summed E-state index contributed by atoms with van der Waals surface area (Å²) in [5.74, 6) is 0.103. The highest BCUT2D eigenvalue weighted by atomic mass is 32.1. The first-order valence-electron chi connectivity index (χ1n) is 8.34. The third-order valence-corrected chi connectivity index (χ3v) is 5.03. The number of hydrogen-bond acceptors (Lipinski definition) is 3. The molecule has 6 heteroatoms. The number of amides is 3. The number of likely N-dealkylation sites (tertiary alicyclic amines) is 1. The molecule has 0 bridgehead atoms. The van der Waals surface area contributed by atoms with Crippen LogP contribution in [0.4, 0.5) is 4.79 Å². The number of carbonyl (C=O) groups excluding carboxylic acids is 2. The van der Waals surface area contributed by atoms with Gasteiger partial charge in [0.15, 0.2) is 0 Å². The van der Waals surface area contributed by atoms with Crippen LogP contribution in [0, 0.1) is 0 Å². The molecule has 0 aromatic carbocycles. The third kappa shape index (κ3) is 5.86. The molecule has 23 heavy (non-hydrogen) atoms. The Morgan fingerprint density at radius 2 is 2.22 bits per heavy atom. The van der Waals surface area contributed by atoms with E-state index < -0.39 is 0 Å². The lowest BCUT2D eigenvalue weighted by Gasteiger charge is -2.27. The number of thiophene rings is 1. The maximum absolute atomic E-state index is 12.1. The molecule has 1 fully saturated rings. The van der Waals surface area contributed by atoms with Crippen LogP contribution < -0.4 is 5.32 Å². The van der Waals surface area contributed by atoms with Crippen molar-refractivity contribution in [2.24, 2.45) is 0 Å². The van der Waals surface area contributed by atoms with Crippen LogP contribution in [0.3, 0.4) is 0 Å². The minimum Gasteiger partial charge on any atom is -0.352 e. The summed E-state index contributed by atoms with van der Waals surface area (Å²) in [5.41, 5.74) is 0. The zero-order valence-corrected chi connectivity index (χ0v) is 14.9. The number of carbonyl (C=O) groups is 2. The minimum atomic E-state index is 0.0313. The van der Waals surface area contributed by atoms with E-state index in [1.54, 1.807) is 30.3 Å². The lowest BCUT2D eigenvalue weighted by Crippen LogP contribution is -2.47. The Morgan fingerprint density at radius 3 is 2.91 bits per heavy atom. The number of urea groups is 1. The van der Waals surface area contributed by atoms with Crippen LogP contribution in [0.15, 0.2) is 17.5 Å². The van der Waals surface area contributed by atoms with E-state index in [2.05, 4.69) is 16.8 Å². The predicted octanol–water partition coefficient (Wildman–Crippen LogP) is 2.72. The summed E-state index contributed by atoms with van der Waals surface area (Å²) in [6, 6.07) is 4.26. The van der Waals surface area contributed by atoms with Gasteiger partial charge in [-0.3, -0.25) is 4.79 Å². The van der Waals surface area contributed by atoms with E-state index in [-0.39, 0.29) is 18.0 Å². The molecule has 1 aromatic rings. The predicted molar refractivity (Wildman–Crippen MR) is 93.7 cm³/mol. The topological polar surface area (TPSA) is 52.7 Å². The van der Waals surface area contributed by atoms with Crippen molar-refractivity contribution in [1.82, 2.24) is 15.1 Å². The summed E-state index contributed by atoms with van der Waals surface area (Å²) in [6.07, 6.45) is 5.39. The quantitative estimate of drug-likeness (QED) is 0.898. The molecule has 0 aliphatic carbocycles. The van der Waals surface area contributed by atoms with Crippen molar-refractivity contribution in [1.29, 1.82) is 0 Å². The van der Waals surface area contributed by atoms with Crippen molar-refractivity contribution in [3.63, 3.8) is 0 Å². The Labute approximate surface area is 142 Å². The van der Waals surface area contributed by atoms with E-state index in [4.69, 9.17) is 0 Å². The third-order valence-electron chi connectivity index (χ3n) is 4.10. The van der Waals surface area contributed by atoms with E-state index >= 15 is 0 Å². The maximum Gasteiger partial charge on any atom is 0.319 e. The summed E-state index contributed by atoms with van der Waals surface area (Å²) < 4.78 is 0. The van der Waals surface area contributed by atoms with Gasteiger partial charge < -0.3 is 15.1 Å². The van der Waals surface area contributed by atoms with Gasteiger partial charge >= 0.3 is 6.03 Å². The van der Waals surface area contributed by atoms with Gasteiger partial charge in [0.2, 0.25) is 5.91 Å². The number of rotatable bonds is 5. The molecule has 1 N–H and O–H groups in total. The van der Waals surface area contributed by atoms with E-state index in [0.717, 1.165) is 38.6 Å². The Morgan fingerprint density at radius 1 is 1.39 bits per heavy atom. The van der Waals surface area contributed by atoms with Gasteiger partial charge in [-0.25, -0.2) is 4.79 Å². The van der Waals surface area contributed by atoms with Gasteiger partial charge in [-0.2, -0.15) is 0 Å². The highest BCUT2D eigenvalue weighted by Crippen LogP contribution is 2.14. The molecule has 0 saturated carbocycles. The van der Waals surface area contributed by atoms with Crippen LogP contribution >= 0.6 is 11.3 Å². The van der Waals surface area contributed by atoms with Gasteiger partial charge in [-0.1, -0.05) is 6.07 Å². The van der Waals surface area contributed by atoms with Crippen molar-refractivity contribution >= 4 is 23.3 Å². The molecule has 0 radical (unpaired) electrons. The van der Waals surface area contributed by atoms with Crippen molar-refractivity contribution in [3.8, 4) is 0 Å². The minimum absolute atomic E-state index is 0.0313. The van der Waals surface area contributed by atoms with Crippen LogP contribution in [0.25, 0.3) is 0 Å². The normalized spacial score (nSPS) is 18.3. The highest BCUT2D eigenvalue weighted by molar-refractivity contribution is 7.09. The molecule has 1 aliphatic rings. The van der Waals surface area contributed by atoms with Crippen LogP contribution in [-0.2, 0) is 11.2 Å².